The SMILES string of the molecule is CCOC(=O)[C@]1(C)C[C@@H](C)C=[N+]1[O-]. The first-order valence-corrected chi connectivity index (χ1v) is 4.49. The maximum absolute atomic E-state index is 11.4. The monoisotopic (exact) mass is 185 g/mol. The van der Waals surface area contributed by atoms with Gasteiger partial charge in [-0.15, -0.1) is 0 Å². The Kier molecular flexibility index (Phi) is 2.59. The van der Waals surface area contributed by atoms with Gasteiger partial charge >= 0.3 is 5.97 Å². The van der Waals surface area contributed by atoms with Crippen molar-refractivity contribution in [2.45, 2.75) is 32.7 Å². The van der Waals surface area contributed by atoms with Crippen LogP contribution >= 0.6 is 0 Å². The zero-order chi connectivity index (χ0) is 10.1. The number of carbonyl (C=O) groups excluding carboxylic acids is 1. The van der Waals surface area contributed by atoms with Crippen molar-refractivity contribution in [3.05, 3.63) is 5.21 Å². The molecular formula is C9H15NO3. The highest BCUT2D eigenvalue weighted by Crippen LogP contribution is 2.26. The van der Waals surface area contributed by atoms with Crippen molar-refractivity contribution in [1.29, 1.82) is 0 Å². The zero-order valence-electron chi connectivity index (χ0n) is 8.24. The molecular weight excluding hydrogens is 170 g/mol. The molecule has 0 unspecified atom stereocenters. The number of hydrogen-bond donors (Lipinski definition) is 0. The third-order valence-electron chi connectivity index (χ3n) is 2.31. The van der Waals surface area contributed by atoms with Crippen molar-refractivity contribution in [3.63, 3.8) is 0 Å². The van der Waals surface area contributed by atoms with Crippen LogP contribution in [-0.2, 0) is 9.53 Å². The van der Waals surface area contributed by atoms with Gasteiger partial charge in [0.25, 0.3) is 5.54 Å². The Morgan fingerprint density at radius 2 is 2.46 bits per heavy atom. The van der Waals surface area contributed by atoms with Gasteiger partial charge in [-0.25, -0.2) is 4.79 Å². The fourth-order valence-electron chi connectivity index (χ4n) is 1.63. The zero-order valence-corrected chi connectivity index (χ0v) is 8.24. The van der Waals surface area contributed by atoms with Crippen LogP contribution in [0.25, 0.3) is 0 Å². The predicted octanol–water partition coefficient (Wildman–Crippen LogP) is 0.929. The normalized spacial score (nSPS) is 32.8. The molecule has 0 fully saturated rings. The van der Waals surface area contributed by atoms with E-state index in [0.29, 0.717) is 13.0 Å². The van der Waals surface area contributed by atoms with E-state index >= 15 is 0 Å². The van der Waals surface area contributed by atoms with Gasteiger partial charge in [-0.1, -0.05) is 6.92 Å². The summed E-state index contributed by atoms with van der Waals surface area (Å²) in [6.07, 6.45) is 2.06. The van der Waals surface area contributed by atoms with Gasteiger partial charge in [-0.2, -0.15) is 4.74 Å². The molecule has 1 aliphatic heterocycles. The standard InChI is InChI=1S/C9H15NO3/c1-4-13-8(11)9(3)5-7(2)6-10(9)12/h6-7H,4-5H2,1-3H3/t7-,9+/m1/s1. The molecule has 1 aliphatic rings. The Balaban J connectivity index is 2.78. The van der Waals surface area contributed by atoms with Gasteiger partial charge in [-0.05, 0) is 6.92 Å². The van der Waals surface area contributed by atoms with E-state index in [1.807, 2.05) is 6.92 Å². The molecule has 4 nitrogen and oxygen atoms in total. The van der Waals surface area contributed by atoms with E-state index in [-0.39, 0.29) is 5.92 Å². The minimum absolute atomic E-state index is 0.145. The van der Waals surface area contributed by atoms with Crippen molar-refractivity contribution in [1.82, 2.24) is 0 Å². The summed E-state index contributed by atoms with van der Waals surface area (Å²) in [5, 5.41) is 11.4. The topological polar surface area (TPSA) is 52.4 Å². The molecule has 0 aromatic heterocycles. The fourth-order valence-corrected chi connectivity index (χ4v) is 1.63. The van der Waals surface area contributed by atoms with Crippen LogP contribution in [0.5, 0.6) is 0 Å². The number of esters is 1. The highest BCUT2D eigenvalue weighted by atomic mass is 16.5. The van der Waals surface area contributed by atoms with E-state index < -0.39 is 11.5 Å². The molecule has 0 radical (unpaired) electrons. The Hall–Kier alpha value is -1.06. The summed E-state index contributed by atoms with van der Waals surface area (Å²) >= 11 is 0. The van der Waals surface area contributed by atoms with Crippen LogP contribution in [0.1, 0.15) is 27.2 Å². The Bertz CT molecular complexity index is 249. The highest BCUT2D eigenvalue weighted by molar-refractivity contribution is 5.81. The first kappa shape index (κ1) is 10.0. The lowest BCUT2D eigenvalue weighted by atomic mass is 9.95. The summed E-state index contributed by atoms with van der Waals surface area (Å²) < 4.78 is 5.56. The van der Waals surface area contributed by atoms with Gasteiger partial charge in [0.2, 0.25) is 0 Å². The summed E-state index contributed by atoms with van der Waals surface area (Å²) in [5.74, 6) is -0.280. The van der Waals surface area contributed by atoms with Crippen LogP contribution in [0.3, 0.4) is 0 Å². The van der Waals surface area contributed by atoms with Crippen molar-refractivity contribution in [3.8, 4) is 0 Å². The Labute approximate surface area is 77.8 Å². The number of nitrogens with zero attached hydrogens (tertiary/aromatic N) is 1. The second kappa shape index (κ2) is 3.36. The van der Waals surface area contributed by atoms with E-state index in [0.717, 1.165) is 4.74 Å². The van der Waals surface area contributed by atoms with Crippen LogP contribution < -0.4 is 0 Å². The molecule has 0 amide bonds. The summed E-state index contributed by atoms with van der Waals surface area (Å²) in [7, 11) is 0. The molecule has 0 aliphatic carbocycles. The van der Waals surface area contributed by atoms with Crippen molar-refractivity contribution < 1.29 is 14.3 Å². The molecule has 2 atom stereocenters. The second-order valence-corrected chi connectivity index (χ2v) is 3.65. The third-order valence-corrected chi connectivity index (χ3v) is 2.31. The Morgan fingerprint density at radius 3 is 2.85 bits per heavy atom. The maximum Gasteiger partial charge on any atom is 0.379 e. The maximum atomic E-state index is 11.4. The molecule has 0 aromatic carbocycles. The van der Waals surface area contributed by atoms with Crippen LogP contribution in [0.15, 0.2) is 0 Å². The molecule has 0 saturated carbocycles. The molecule has 0 N–H and O–H groups in total. The van der Waals surface area contributed by atoms with Gasteiger partial charge < -0.3 is 9.94 Å². The van der Waals surface area contributed by atoms with Crippen LogP contribution in [0, 0.1) is 11.1 Å². The van der Waals surface area contributed by atoms with Crippen molar-refractivity contribution in [2.24, 2.45) is 5.92 Å². The molecule has 0 bridgehead atoms. The van der Waals surface area contributed by atoms with E-state index in [2.05, 4.69) is 0 Å². The first-order valence-electron chi connectivity index (χ1n) is 4.49. The quantitative estimate of drug-likeness (QED) is 0.365. The van der Waals surface area contributed by atoms with Crippen LogP contribution in [0.4, 0.5) is 0 Å². The lowest BCUT2D eigenvalue weighted by Crippen LogP contribution is -2.42. The molecule has 0 spiro atoms. The van der Waals surface area contributed by atoms with Crippen molar-refractivity contribution in [2.75, 3.05) is 6.61 Å². The lowest BCUT2D eigenvalue weighted by Gasteiger charge is -2.20. The van der Waals surface area contributed by atoms with E-state index in [1.54, 1.807) is 13.8 Å². The summed E-state index contributed by atoms with van der Waals surface area (Å²) in [5.41, 5.74) is -1.00. The molecule has 4 heteroatoms. The predicted molar refractivity (Wildman–Crippen MR) is 48.5 cm³/mol. The van der Waals surface area contributed by atoms with Gasteiger partial charge in [-0.3, -0.25) is 0 Å². The van der Waals surface area contributed by atoms with Gasteiger partial charge in [0.15, 0.2) is 6.21 Å². The number of ether oxygens (including phenoxy) is 1. The summed E-state index contributed by atoms with van der Waals surface area (Å²) in [6, 6.07) is 0. The van der Waals surface area contributed by atoms with E-state index in [1.165, 1.54) is 6.21 Å². The number of hydrogen-bond acceptors (Lipinski definition) is 3. The third kappa shape index (κ3) is 1.66. The van der Waals surface area contributed by atoms with E-state index in [4.69, 9.17) is 4.74 Å². The number of carbonyl (C=O) groups is 1. The summed E-state index contributed by atoms with van der Waals surface area (Å²) in [4.78, 5) is 11.4. The summed E-state index contributed by atoms with van der Waals surface area (Å²) in [6.45, 7) is 5.59. The minimum atomic E-state index is -1.00. The van der Waals surface area contributed by atoms with Gasteiger partial charge in [0, 0.05) is 19.3 Å². The second-order valence-electron chi connectivity index (χ2n) is 3.65. The molecule has 1 rings (SSSR count). The average Bonchev–Trinajstić information content (AvgIpc) is 2.28. The average molecular weight is 185 g/mol. The van der Waals surface area contributed by atoms with Crippen molar-refractivity contribution >= 4 is 12.2 Å². The van der Waals surface area contributed by atoms with Gasteiger partial charge in [0.1, 0.15) is 0 Å². The molecule has 1 heterocycles. The number of rotatable bonds is 2. The van der Waals surface area contributed by atoms with Crippen LogP contribution in [0.2, 0.25) is 0 Å². The molecule has 74 valence electrons. The largest absolute Gasteiger partial charge is 0.623 e. The minimum Gasteiger partial charge on any atom is -0.623 e. The fraction of sp³-hybridized carbons (Fsp3) is 0.778. The highest BCUT2D eigenvalue weighted by Gasteiger charge is 2.48. The molecule has 0 saturated heterocycles. The number of hydroxylamine groups is 1. The smallest absolute Gasteiger partial charge is 0.379 e. The van der Waals surface area contributed by atoms with E-state index in [9.17, 15) is 10.0 Å². The molecule has 13 heavy (non-hydrogen) atoms. The van der Waals surface area contributed by atoms with Gasteiger partial charge in [0.05, 0.1) is 6.61 Å². The first-order chi connectivity index (χ1) is 6.00. The van der Waals surface area contributed by atoms with Crippen LogP contribution in [-0.4, -0.2) is 29.1 Å². The molecule has 0 aromatic rings. The Morgan fingerprint density at radius 1 is 1.85 bits per heavy atom. The lowest BCUT2D eigenvalue weighted by molar-refractivity contribution is -0.518.